The fourth-order valence-corrected chi connectivity index (χ4v) is 4.91. The maximum absolute atomic E-state index is 12.4. The molecular formula is C25H25N5OS. The molecular weight excluding hydrogens is 418 g/mol. The summed E-state index contributed by atoms with van der Waals surface area (Å²) in [7, 11) is 1.96. The third-order valence-electron chi connectivity index (χ3n) is 5.92. The van der Waals surface area contributed by atoms with Crippen LogP contribution in [0.1, 0.15) is 18.4 Å². The normalized spacial score (nSPS) is 13.8. The van der Waals surface area contributed by atoms with E-state index in [-0.39, 0.29) is 5.91 Å². The summed E-state index contributed by atoms with van der Waals surface area (Å²) >= 11 is 1.45. The van der Waals surface area contributed by atoms with Crippen LogP contribution in [0.3, 0.4) is 0 Å². The molecule has 0 spiro atoms. The highest BCUT2D eigenvalue weighted by Crippen LogP contribution is 2.32. The highest BCUT2D eigenvalue weighted by Gasteiger charge is 2.20. The molecule has 2 aromatic heterocycles. The van der Waals surface area contributed by atoms with Crippen molar-refractivity contribution in [3.63, 3.8) is 0 Å². The number of hydrogen-bond donors (Lipinski definition) is 0. The Bertz CT molecular complexity index is 1280. The fraction of sp³-hybridized carbons (Fsp3) is 0.280. The average Bonchev–Trinajstić information content (AvgIpc) is 3.48. The number of amides is 1. The summed E-state index contributed by atoms with van der Waals surface area (Å²) in [5.74, 6) is 1.33. The summed E-state index contributed by atoms with van der Waals surface area (Å²) in [6, 6.07) is 18.6. The second kappa shape index (κ2) is 8.74. The molecule has 0 N–H and O–H groups in total. The summed E-state index contributed by atoms with van der Waals surface area (Å²) < 4.78 is 1.97. The lowest BCUT2D eigenvalue weighted by Gasteiger charge is -2.14. The predicted octanol–water partition coefficient (Wildman–Crippen LogP) is 4.72. The van der Waals surface area contributed by atoms with Gasteiger partial charge in [0.1, 0.15) is 0 Å². The summed E-state index contributed by atoms with van der Waals surface area (Å²) in [6.07, 6.45) is 2.20. The van der Waals surface area contributed by atoms with Gasteiger partial charge in [0.25, 0.3) is 0 Å². The monoisotopic (exact) mass is 443 g/mol. The third-order valence-corrected chi connectivity index (χ3v) is 6.93. The SMILES string of the molecule is Cc1ccc(-c2cc(-c3nnc(SCC(=O)N4CCCC4)n3C)c3ccccc3n2)cc1. The van der Waals surface area contributed by atoms with Crippen molar-refractivity contribution in [3.05, 3.63) is 60.2 Å². The van der Waals surface area contributed by atoms with Crippen LogP contribution in [0, 0.1) is 6.92 Å². The van der Waals surface area contributed by atoms with Gasteiger partial charge < -0.3 is 9.47 Å². The molecule has 1 aliphatic rings. The molecule has 0 unspecified atom stereocenters. The molecule has 5 rings (SSSR count). The molecule has 1 aliphatic heterocycles. The van der Waals surface area contributed by atoms with E-state index in [1.165, 1.54) is 17.3 Å². The van der Waals surface area contributed by atoms with Crippen LogP contribution in [0.5, 0.6) is 0 Å². The molecule has 1 saturated heterocycles. The van der Waals surface area contributed by atoms with Crippen molar-refractivity contribution in [1.82, 2.24) is 24.6 Å². The number of pyridine rings is 1. The highest BCUT2D eigenvalue weighted by molar-refractivity contribution is 7.99. The Morgan fingerprint density at radius 1 is 1.03 bits per heavy atom. The largest absolute Gasteiger partial charge is 0.342 e. The number of thioether (sulfide) groups is 1. The van der Waals surface area contributed by atoms with Gasteiger partial charge in [0.05, 0.1) is 17.0 Å². The van der Waals surface area contributed by atoms with Crippen LogP contribution in [0.2, 0.25) is 0 Å². The summed E-state index contributed by atoms with van der Waals surface area (Å²) in [4.78, 5) is 19.3. The number of aryl methyl sites for hydroxylation is 1. The van der Waals surface area contributed by atoms with Crippen molar-refractivity contribution in [2.45, 2.75) is 24.9 Å². The highest BCUT2D eigenvalue weighted by atomic mass is 32.2. The van der Waals surface area contributed by atoms with Gasteiger partial charge in [-0.15, -0.1) is 10.2 Å². The maximum Gasteiger partial charge on any atom is 0.233 e. The zero-order valence-corrected chi connectivity index (χ0v) is 19.1. The minimum absolute atomic E-state index is 0.174. The van der Waals surface area contributed by atoms with Gasteiger partial charge >= 0.3 is 0 Å². The van der Waals surface area contributed by atoms with Crippen LogP contribution in [0.25, 0.3) is 33.5 Å². The summed E-state index contributed by atoms with van der Waals surface area (Å²) in [5.41, 5.74) is 5.09. The van der Waals surface area contributed by atoms with Gasteiger partial charge in [-0.25, -0.2) is 4.98 Å². The van der Waals surface area contributed by atoms with Gasteiger partial charge in [0, 0.05) is 36.7 Å². The maximum atomic E-state index is 12.4. The lowest BCUT2D eigenvalue weighted by Crippen LogP contribution is -2.29. The number of carbonyl (C=O) groups excluding carboxylic acids is 1. The molecule has 0 radical (unpaired) electrons. The number of carbonyl (C=O) groups is 1. The fourth-order valence-electron chi connectivity index (χ4n) is 4.09. The Kier molecular flexibility index (Phi) is 5.66. The molecule has 7 heteroatoms. The Balaban J connectivity index is 1.50. The van der Waals surface area contributed by atoms with E-state index in [4.69, 9.17) is 4.98 Å². The molecule has 0 bridgehead atoms. The second-order valence-electron chi connectivity index (χ2n) is 8.18. The summed E-state index contributed by atoms with van der Waals surface area (Å²) in [6.45, 7) is 3.82. The lowest BCUT2D eigenvalue weighted by atomic mass is 10.0. The van der Waals surface area contributed by atoms with Gasteiger partial charge in [-0.2, -0.15) is 0 Å². The molecule has 3 heterocycles. The van der Waals surface area contributed by atoms with Gasteiger partial charge in [0.15, 0.2) is 11.0 Å². The van der Waals surface area contributed by atoms with Crippen LogP contribution in [-0.2, 0) is 11.8 Å². The third kappa shape index (κ3) is 4.00. The van der Waals surface area contributed by atoms with Crippen LogP contribution in [0.15, 0.2) is 59.8 Å². The van der Waals surface area contributed by atoms with Crippen molar-refractivity contribution < 1.29 is 4.79 Å². The van der Waals surface area contributed by atoms with Crippen molar-refractivity contribution in [2.75, 3.05) is 18.8 Å². The molecule has 6 nitrogen and oxygen atoms in total. The van der Waals surface area contributed by atoms with Crippen molar-refractivity contribution in [3.8, 4) is 22.6 Å². The number of rotatable bonds is 5. The number of likely N-dealkylation sites (tertiary alicyclic amines) is 1. The smallest absolute Gasteiger partial charge is 0.233 e. The second-order valence-corrected chi connectivity index (χ2v) is 9.12. The molecule has 0 aliphatic carbocycles. The van der Waals surface area contributed by atoms with Gasteiger partial charge in [0.2, 0.25) is 5.91 Å². The number of para-hydroxylation sites is 1. The van der Waals surface area contributed by atoms with Gasteiger partial charge in [-0.05, 0) is 31.9 Å². The van der Waals surface area contributed by atoms with Crippen LogP contribution in [0.4, 0.5) is 0 Å². The van der Waals surface area contributed by atoms with Crippen molar-refractivity contribution in [2.24, 2.45) is 7.05 Å². The minimum Gasteiger partial charge on any atom is -0.342 e. The van der Waals surface area contributed by atoms with E-state index in [2.05, 4.69) is 53.5 Å². The number of fused-ring (bicyclic) bond motifs is 1. The Hall–Kier alpha value is -3.19. The first-order chi connectivity index (χ1) is 15.6. The Morgan fingerprint density at radius 2 is 1.78 bits per heavy atom. The number of benzene rings is 2. The number of nitrogens with zero attached hydrogens (tertiary/aromatic N) is 5. The first-order valence-corrected chi connectivity index (χ1v) is 11.9. The van der Waals surface area contributed by atoms with E-state index in [0.29, 0.717) is 5.75 Å². The van der Waals surface area contributed by atoms with E-state index >= 15 is 0 Å². The molecule has 32 heavy (non-hydrogen) atoms. The van der Waals surface area contributed by atoms with Crippen LogP contribution < -0.4 is 0 Å². The number of aromatic nitrogens is 4. The van der Waals surface area contributed by atoms with E-state index in [9.17, 15) is 4.79 Å². The van der Waals surface area contributed by atoms with E-state index in [1.807, 2.05) is 34.7 Å². The lowest BCUT2D eigenvalue weighted by molar-refractivity contribution is -0.127. The van der Waals surface area contributed by atoms with Gasteiger partial charge in [-0.3, -0.25) is 4.79 Å². The van der Waals surface area contributed by atoms with Crippen molar-refractivity contribution >= 4 is 28.6 Å². The zero-order chi connectivity index (χ0) is 22.1. The number of hydrogen-bond acceptors (Lipinski definition) is 5. The van der Waals surface area contributed by atoms with Crippen molar-refractivity contribution in [1.29, 1.82) is 0 Å². The first-order valence-electron chi connectivity index (χ1n) is 10.9. The topological polar surface area (TPSA) is 63.9 Å². The molecule has 162 valence electrons. The molecule has 4 aromatic rings. The standard InChI is InChI=1S/C25H25N5OS/c1-17-9-11-18(12-10-17)22-15-20(19-7-3-4-8-21(19)26-22)24-27-28-25(29(24)2)32-16-23(31)30-13-5-6-14-30/h3-4,7-12,15H,5-6,13-14,16H2,1-2H3. The van der Waals surface area contributed by atoms with E-state index < -0.39 is 0 Å². The molecule has 1 amide bonds. The minimum atomic E-state index is 0.174. The quantitative estimate of drug-likeness (QED) is 0.418. The van der Waals surface area contributed by atoms with Crippen LogP contribution >= 0.6 is 11.8 Å². The van der Waals surface area contributed by atoms with Gasteiger partial charge in [-0.1, -0.05) is 59.8 Å². The van der Waals surface area contributed by atoms with Crippen LogP contribution in [-0.4, -0.2) is 49.4 Å². The van der Waals surface area contributed by atoms with E-state index in [1.54, 1.807) is 0 Å². The molecule has 0 saturated carbocycles. The molecule has 2 aromatic carbocycles. The zero-order valence-electron chi connectivity index (χ0n) is 18.3. The summed E-state index contributed by atoms with van der Waals surface area (Å²) in [5, 5.41) is 10.7. The Morgan fingerprint density at radius 3 is 2.56 bits per heavy atom. The molecule has 1 fully saturated rings. The predicted molar refractivity (Wildman–Crippen MR) is 128 cm³/mol. The first kappa shape index (κ1) is 20.7. The van der Waals surface area contributed by atoms with E-state index in [0.717, 1.165) is 64.6 Å². The average molecular weight is 444 g/mol. The molecule has 0 atom stereocenters. The Labute approximate surface area is 191 Å².